The lowest BCUT2D eigenvalue weighted by molar-refractivity contribution is 0.631. The van der Waals surface area contributed by atoms with E-state index in [4.69, 9.17) is 0 Å². The molecule has 21 heavy (non-hydrogen) atoms. The Labute approximate surface area is 124 Å². The average molecular weight is 288 g/mol. The summed E-state index contributed by atoms with van der Waals surface area (Å²) in [5.41, 5.74) is 2.28. The van der Waals surface area contributed by atoms with Crippen LogP contribution < -0.4 is 10.6 Å². The largest absolute Gasteiger partial charge is 0.373 e. The van der Waals surface area contributed by atoms with Gasteiger partial charge in [0, 0.05) is 18.5 Å². The van der Waals surface area contributed by atoms with Gasteiger partial charge in [-0.1, -0.05) is 19.9 Å². The molecule has 0 aliphatic heterocycles. The quantitative estimate of drug-likeness (QED) is 0.887. The molecule has 0 aliphatic rings. The van der Waals surface area contributed by atoms with Crippen molar-refractivity contribution in [3.05, 3.63) is 41.0 Å². The molecule has 0 unspecified atom stereocenters. The standard InChI is InChI=1S/C16H21FN4/c1-9(2)14-20-15(18-5)11(4)16(21-14)19-13-8-10(3)6-7-12(13)17/h6-9H,1-5H3,(H2,18,19,20,21). The van der Waals surface area contributed by atoms with Crippen molar-refractivity contribution >= 4 is 17.3 Å². The summed E-state index contributed by atoms with van der Waals surface area (Å²) >= 11 is 0. The Morgan fingerprint density at radius 1 is 1.10 bits per heavy atom. The van der Waals surface area contributed by atoms with Crippen molar-refractivity contribution in [3.63, 3.8) is 0 Å². The molecule has 0 aliphatic carbocycles. The zero-order valence-corrected chi connectivity index (χ0v) is 13.1. The van der Waals surface area contributed by atoms with E-state index in [2.05, 4.69) is 20.6 Å². The van der Waals surface area contributed by atoms with Crippen molar-refractivity contribution in [1.29, 1.82) is 0 Å². The van der Waals surface area contributed by atoms with Gasteiger partial charge in [0.05, 0.1) is 5.69 Å². The molecular weight excluding hydrogens is 267 g/mol. The normalized spacial score (nSPS) is 10.8. The lowest BCUT2D eigenvalue weighted by Crippen LogP contribution is -2.09. The molecule has 0 amide bonds. The van der Waals surface area contributed by atoms with E-state index in [0.29, 0.717) is 11.5 Å². The van der Waals surface area contributed by atoms with Gasteiger partial charge in [-0.3, -0.25) is 0 Å². The van der Waals surface area contributed by atoms with E-state index in [-0.39, 0.29) is 11.7 Å². The monoisotopic (exact) mass is 288 g/mol. The second-order valence-corrected chi connectivity index (χ2v) is 5.42. The van der Waals surface area contributed by atoms with Crippen molar-refractivity contribution in [2.45, 2.75) is 33.6 Å². The molecule has 0 atom stereocenters. The number of rotatable bonds is 4. The molecular formula is C16H21FN4. The summed E-state index contributed by atoms with van der Waals surface area (Å²) in [4.78, 5) is 8.99. The molecule has 0 fully saturated rings. The van der Waals surface area contributed by atoms with Crippen LogP contribution in [0.15, 0.2) is 18.2 Å². The Kier molecular flexibility index (Phi) is 4.40. The predicted octanol–water partition coefficient (Wildman–Crippen LogP) is 4.14. The highest BCUT2D eigenvalue weighted by molar-refractivity contribution is 5.65. The Hall–Kier alpha value is -2.17. The first-order chi connectivity index (χ1) is 9.92. The van der Waals surface area contributed by atoms with Crippen LogP contribution in [0, 0.1) is 19.7 Å². The van der Waals surface area contributed by atoms with Crippen LogP contribution in [0.3, 0.4) is 0 Å². The highest BCUT2D eigenvalue weighted by Crippen LogP contribution is 2.27. The third kappa shape index (κ3) is 3.29. The molecule has 2 N–H and O–H groups in total. The van der Waals surface area contributed by atoms with E-state index < -0.39 is 0 Å². The summed E-state index contributed by atoms with van der Waals surface area (Å²) in [5, 5.41) is 6.14. The first-order valence-electron chi connectivity index (χ1n) is 7.01. The fraction of sp³-hybridized carbons (Fsp3) is 0.375. The molecule has 2 aromatic rings. The number of hydrogen-bond donors (Lipinski definition) is 2. The summed E-state index contributed by atoms with van der Waals surface area (Å²) < 4.78 is 13.9. The molecule has 4 nitrogen and oxygen atoms in total. The molecule has 5 heteroatoms. The number of nitrogens with one attached hydrogen (secondary N) is 2. The first kappa shape index (κ1) is 15.2. The topological polar surface area (TPSA) is 49.8 Å². The van der Waals surface area contributed by atoms with Gasteiger partial charge >= 0.3 is 0 Å². The van der Waals surface area contributed by atoms with Gasteiger partial charge in [0.25, 0.3) is 0 Å². The van der Waals surface area contributed by atoms with E-state index in [1.807, 2.05) is 34.7 Å². The molecule has 112 valence electrons. The summed E-state index contributed by atoms with van der Waals surface area (Å²) in [6.07, 6.45) is 0. The van der Waals surface area contributed by atoms with Crippen LogP contribution in [0.1, 0.15) is 36.7 Å². The van der Waals surface area contributed by atoms with Crippen molar-refractivity contribution in [2.24, 2.45) is 0 Å². The van der Waals surface area contributed by atoms with E-state index in [1.54, 1.807) is 12.1 Å². The molecule has 1 heterocycles. The van der Waals surface area contributed by atoms with Crippen molar-refractivity contribution < 1.29 is 4.39 Å². The van der Waals surface area contributed by atoms with Crippen LogP contribution in [0.4, 0.5) is 21.7 Å². The maximum atomic E-state index is 13.9. The van der Waals surface area contributed by atoms with Gasteiger partial charge in [-0.25, -0.2) is 14.4 Å². The van der Waals surface area contributed by atoms with Gasteiger partial charge in [0.15, 0.2) is 0 Å². The van der Waals surface area contributed by atoms with Gasteiger partial charge in [0.2, 0.25) is 0 Å². The Morgan fingerprint density at radius 2 is 1.76 bits per heavy atom. The van der Waals surface area contributed by atoms with E-state index in [0.717, 1.165) is 22.8 Å². The molecule has 0 bridgehead atoms. The minimum atomic E-state index is -0.296. The number of anilines is 3. The van der Waals surface area contributed by atoms with E-state index in [1.165, 1.54) is 6.07 Å². The van der Waals surface area contributed by atoms with Gasteiger partial charge < -0.3 is 10.6 Å². The van der Waals surface area contributed by atoms with Gasteiger partial charge in [-0.15, -0.1) is 0 Å². The minimum absolute atomic E-state index is 0.195. The number of aryl methyl sites for hydroxylation is 1. The highest BCUT2D eigenvalue weighted by Gasteiger charge is 2.13. The summed E-state index contributed by atoms with van der Waals surface area (Å²) in [6, 6.07) is 4.97. The van der Waals surface area contributed by atoms with E-state index >= 15 is 0 Å². The SMILES string of the molecule is CNc1nc(C(C)C)nc(Nc2cc(C)ccc2F)c1C. The van der Waals surface area contributed by atoms with E-state index in [9.17, 15) is 4.39 Å². The third-order valence-electron chi connectivity index (χ3n) is 3.29. The second-order valence-electron chi connectivity index (χ2n) is 5.42. The van der Waals surface area contributed by atoms with Crippen LogP contribution in [-0.2, 0) is 0 Å². The number of nitrogens with zero attached hydrogens (tertiary/aromatic N) is 2. The summed E-state index contributed by atoms with van der Waals surface area (Å²) in [7, 11) is 1.82. The molecule has 1 aromatic heterocycles. The minimum Gasteiger partial charge on any atom is -0.373 e. The van der Waals surface area contributed by atoms with Gasteiger partial charge in [-0.05, 0) is 31.5 Å². The van der Waals surface area contributed by atoms with Crippen LogP contribution in [-0.4, -0.2) is 17.0 Å². The fourth-order valence-electron chi connectivity index (χ4n) is 2.02. The Balaban J connectivity index is 2.47. The van der Waals surface area contributed by atoms with Crippen molar-refractivity contribution in [3.8, 4) is 0 Å². The molecule has 0 spiro atoms. The molecule has 2 rings (SSSR count). The average Bonchev–Trinajstić information content (AvgIpc) is 2.44. The lowest BCUT2D eigenvalue weighted by atomic mass is 10.2. The second kappa shape index (κ2) is 6.08. The van der Waals surface area contributed by atoms with Gasteiger partial charge in [-0.2, -0.15) is 0 Å². The zero-order valence-electron chi connectivity index (χ0n) is 13.1. The lowest BCUT2D eigenvalue weighted by Gasteiger charge is -2.15. The molecule has 0 radical (unpaired) electrons. The predicted molar refractivity (Wildman–Crippen MR) is 84.8 cm³/mol. The smallest absolute Gasteiger partial charge is 0.146 e. The fourth-order valence-corrected chi connectivity index (χ4v) is 2.02. The molecule has 0 saturated carbocycles. The van der Waals surface area contributed by atoms with Crippen molar-refractivity contribution in [2.75, 3.05) is 17.7 Å². The maximum absolute atomic E-state index is 13.9. The number of benzene rings is 1. The molecule has 1 aromatic carbocycles. The number of halogens is 1. The van der Waals surface area contributed by atoms with Crippen LogP contribution in [0.2, 0.25) is 0 Å². The Bertz CT molecular complexity index is 653. The first-order valence-corrected chi connectivity index (χ1v) is 7.01. The Morgan fingerprint density at radius 3 is 2.38 bits per heavy atom. The maximum Gasteiger partial charge on any atom is 0.146 e. The van der Waals surface area contributed by atoms with Crippen LogP contribution >= 0.6 is 0 Å². The molecule has 0 saturated heterocycles. The third-order valence-corrected chi connectivity index (χ3v) is 3.29. The zero-order chi connectivity index (χ0) is 15.6. The van der Waals surface area contributed by atoms with Crippen LogP contribution in [0.5, 0.6) is 0 Å². The van der Waals surface area contributed by atoms with Gasteiger partial charge in [0.1, 0.15) is 23.3 Å². The van der Waals surface area contributed by atoms with Crippen molar-refractivity contribution in [1.82, 2.24) is 9.97 Å². The number of hydrogen-bond acceptors (Lipinski definition) is 4. The summed E-state index contributed by atoms with van der Waals surface area (Å²) in [5.74, 6) is 2.00. The van der Waals surface area contributed by atoms with Crippen LogP contribution in [0.25, 0.3) is 0 Å². The highest BCUT2D eigenvalue weighted by atomic mass is 19.1. The number of aromatic nitrogens is 2. The summed E-state index contributed by atoms with van der Waals surface area (Å²) in [6.45, 7) is 7.89.